The van der Waals surface area contributed by atoms with Crippen molar-refractivity contribution in [3.8, 4) is 0 Å². The number of nitrogens with zero attached hydrogens (tertiary/aromatic N) is 5. The molecule has 3 heterocycles. The Balaban J connectivity index is 1.59. The Labute approximate surface area is 157 Å². The summed E-state index contributed by atoms with van der Waals surface area (Å²) in [6, 6.07) is 6.07. The maximum absolute atomic E-state index is 12.4. The predicted molar refractivity (Wildman–Crippen MR) is 98.1 cm³/mol. The molecule has 10 heteroatoms. The Morgan fingerprint density at radius 1 is 1.19 bits per heavy atom. The van der Waals surface area contributed by atoms with Crippen molar-refractivity contribution >= 4 is 33.3 Å². The highest BCUT2D eigenvalue weighted by Crippen LogP contribution is 2.17. The molecule has 0 radical (unpaired) electrons. The van der Waals surface area contributed by atoms with E-state index in [1.807, 2.05) is 4.90 Å². The Bertz CT molecular complexity index is 875. The van der Waals surface area contributed by atoms with Gasteiger partial charge in [0.15, 0.2) is 0 Å². The van der Waals surface area contributed by atoms with Crippen LogP contribution in [0.3, 0.4) is 0 Å². The van der Waals surface area contributed by atoms with Crippen LogP contribution in [0.5, 0.6) is 0 Å². The van der Waals surface area contributed by atoms with Gasteiger partial charge in [0.05, 0.1) is 4.92 Å². The monoisotopic (exact) mass is 421 g/mol. The lowest BCUT2D eigenvalue weighted by Gasteiger charge is -2.35. The maximum atomic E-state index is 12.4. The number of anilines is 1. The molecule has 9 nitrogen and oxygen atoms in total. The van der Waals surface area contributed by atoms with Crippen LogP contribution in [0.1, 0.15) is 0 Å². The first kappa shape index (κ1) is 18.1. The minimum Gasteiger partial charge on any atom is -0.353 e. The van der Waals surface area contributed by atoms with E-state index in [0.29, 0.717) is 32.0 Å². The molecule has 1 aliphatic heterocycles. The molecule has 2 aromatic heterocycles. The van der Waals surface area contributed by atoms with Crippen molar-refractivity contribution in [3.63, 3.8) is 0 Å². The lowest BCUT2D eigenvalue weighted by atomic mass is 10.3. The zero-order valence-corrected chi connectivity index (χ0v) is 15.3. The number of carbonyl (C=O) groups excluding carboxylic acids is 1. The maximum Gasteiger partial charge on any atom is 0.287 e. The molecule has 0 spiro atoms. The molecular formula is C16H16BrN5O4. The molecule has 1 saturated heterocycles. The SMILES string of the molecule is O=C(Cn1cc(Br)ccc1=O)N1CCN(c2ccc([N+](=O)[O-])cn2)CC1. The molecule has 1 aliphatic rings. The van der Waals surface area contributed by atoms with Gasteiger partial charge in [0, 0.05) is 49.0 Å². The lowest BCUT2D eigenvalue weighted by Crippen LogP contribution is -2.50. The second-order valence-corrected chi connectivity index (χ2v) is 6.73. The average molecular weight is 422 g/mol. The standard InChI is InChI=1S/C16H16BrN5O4/c17-12-1-4-15(23)21(10-12)11-16(24)20-7-5-19(6-8-20)14-3-2-13(9-18-14)22(25)26/h1-4,9-10H,5-8,11H2. The summed E-state index contributed by atoms with van der Waals surface area (Å²) in [6.45, 7) is 2.14. The third-order valence-electron chi connectivity index (χ3n) is 4.15. The average Bonchev–Trinajstić information content (AvgIpc) is 2.65. The van der Waals surface area contributed by atoms with Crippen LogP contribution in [0, 0.1) is 10.1 Å². The van der Waals surface area contributed by atoms with E-state index < -0.39 is 4.92 Å². The normalized spacial score (nSPS) is 14.3. The van der Waals surface area contributed by atoms with Crippen molar-refractivity contribution in [2.45, 2.75) is 6.54 Å². The van der Waals surface area contributed by atoms with Crippen LogP contribution >= 0.6 is 15.9 Å². The van der Waals surface area contributed by atoms with Crippen LogP contribution in [0.25, 0.3) is 0 Å². The fraction of sp³-hybridized carbons (Fsp3) is 0.312. The molecule has 0 saturated carbocycles. The minimum atomic E-state index is -0.489. The van der Waals surface area contributed by atoms with Gasteiger partial charge in [-0.2, -0.15) is 0 Å². The molecule has 136 valence electrons. The molecule has 3 rings (SSSR count). The first-order valence-electron chi connectivity index (χ1n) is 7.93. The van der Waals surface area contributed by atoms with E-state index in [1.165, 1.54) is 22.9 Å². The molecular weight excluding hydrogens is 406 g/mol. The van der Waals surface area contributed by atoms with Crippen molar-refractivity contribution in [1.29, 1.82) is 0 Å². The topological polar surface area (TPSA) is 102 Å². The Hall–Kier alpha value is -2.75. The third-order valence-corrected chi connectivity index (χ3v) is 4.62. The summed E-state index contributed by atoms with van der Waals surface area (Å²) in [7, 11) is 0. The number of hydrogen-bond donors (Lipinski definition) is 0. The first-order valence-corrected chi connectivity index (χ1v) is 8.72. The number of piperazine rings is 1. The van der Waals surface area contributed by atoms with Crippen molar-refractivity contribution in [1.82, 2.24) is 14.5 Å². The molecule has 0 unspecified atom stereocenters. The summed E-state index contributed by atoms with van der Waals surface area (Å²) in [5.74, 6) is 0.521. The van der Waals surface area contributed by atoms with Crippen LogP contribution < -0.4 is 10.5 Å². The fourth-order valence-electron chi connectivity index (χ4n) is 2.73. The minimum absolute atomic E-state index is 0.00590. The smallest absolute Gasteiger partial charge is 0.287 e. The molecule has 0 aliphatic carbocycles. The Morgan fingerprint density at radius 3 is 2.54 bits per heavy atom. The van der Waals surface area contributed by atoms with E-state index in [-0.39, 0.29) is 23.7 Å². The van der Waals surface area contributed by atoms with Crippen LogP contribution in [0.15, 0.2) is 45.9 Å². The predicted octanol–water partition coefficient (Wildman–Crippen LogP) is 1.26. The van der Waals surface area contributed by atoms with Gasteiger partial charge in [-0.3, -0.25) is 19.7 Å². The van der Waals surface area contributed by atoms with Gasteiger partial charge in [0.1, 0.15) is 18.6 Å². The van der Waals surface area contributed by atoms with Crippen LogP contribution in [-0.4, -0.2) is 51.5 Å². The number of rotatable bonds is 4. The molecule has 1 amide bonds. The third kappa shape index (κ3) is 4.07. The van der Waals surface area contributed by atoms with Gasteiger partial charge in [-0.15, -0.1) is 0 Å². The Kier molecular flexibility index (Phi) is 5.31. The van der Waals surface area contributed by atoms with E-state index >= 15 is 0 Å². The van der Waals surface area contributed by atoms with Crippen molar-refractivity contribution in [3.05, 3.63) is 61.6 Å². The Morgan fingerprint density at radius 2 is 1.92 bits per heavy atom. The number of hydrogen-bond acceptors (Lipinski definition) is 6. The van der Waals surface area contributed by atoms with Crippen molar-refractivity contribution in [2.24, 2.45) is 0 Å². The van der Waals surface area contributed by atoms with E-state index in [9.17, 15) is 19.7 Å². The number of nitro groups is 1. The number of amides is 1. The summed E-state index contributed by atoms with van der Waals surface area (Å²) >= 11 is 3.29. The summed E-state index contributed by atoms with van der Waals surface area (Å²) in [5, 5.41) is 10.7. The molecule has 2 aromatic rings. The van der Waals surface area contributed by atoms with Gasteiger partial charge < -0.3 is 14.4 Å². The molecule has 0 bridgehead atoms. The molecule has 0 aromatic carbocycles. The molecule has 1 fully saturated rings. The highest BCUT2D eigenvalue weighted by atomic mass is 79.9. The summed E-state index contributed by atoms with van der Waals surface area (Å²) in [6.07, 6.45) is 2.82. The summed E-state index contributed by atoms with van der Waals surface area (Å²) < 4.78 is 2.11. The highest BCUT2D eigenvalue weighted by Gasteiger charge is 2.22. The lowest BCUT2D eigenvalue weighted by molar-refractivity contribution is -0.385. The number of pyridine rings is 2. The second kappa shape index (κ2) is 7.65. The van der Waals surface area contributed by atoms with E-state index in [2.05, 4.69) is 20.9 Å². The van der Waals surface area contributed by atoms with Crippen molar-refractivity contribution in [2.75, 3.05) is 31.1 Å². The van der Waals surface area contributed by atoms with Gasteiger partial charge >= 0.3 is 0 Å². The molecule has 0 N–H and O–H groups in total. The first-order chi connectivity index (χ1) is 12.4. The van der Waals surface area contributed by atoms with Crippen molar-refractivity contribution < 1.29 is 9.72 Å². The summed E-state index contributed by atoms with van der Waals surface area (Å²) in [5.41, 5.74) is -0.280. The zero-order valence-electron chi connectivity index (χ0n) is 13.7. The number of carbonyl (C=O) groups is 1. The van der Waals surface area contributed by atoms with Gasteiger partial charge in [0.2, 0.25) is 5.91 Å². The summed E-state index contributed by atoms with van der Waals surface area (Å²) in [4.78, 5) is 42.2. The molecule has 0 atom stereocenters. The highest BCUT2D eigenvalue weighted by molar-refractivity contribution is 9.10. The van der Waals surface area contributed by atoms with Gasteiger partial charge in [-0.05, 0) is 28.1 Å². The number of aromatic nitrogens is 2. The zero-order chi connectivity index (χ0) is 18.7. The quantitative estimate of drug-likeness (QED) is 0.543. The largest absolute Gasteiger partial charge is 0.353 e. The van der Waals surface area contributed by atoms with Gasteiger partial charge in [-0.1, -0.05) is 0 Å². The number of halogens is 1. The van der Waals surface area contributed by atoms with Crippen LogP contribution in [0.4, 0.5) is 11.5 Å². The fourth-order valence-corrected chi connectivity index (χ4v) is 3.11. The van der Waals surface area contributed by atoms with E-state index in [1.54, 1.807) is 23.2 Å². The van der Waals surface area contributed by atoms with E-state index in [0.717, 1.165) is 4.47 Å². The van der Waals surface area contributed by atoms with Gasteiger partial charge in [0.25, 0.3) is 11.2 Å². The molecule has 26 heavy (non-hydrogen) atoms. The second-order valence-electron chi connectivity index (χ2n) is 5.81. The van der Waals surface area contributed by atoms with Crippen LogP contribution in [0.2, 0.25) is 0 Å². The van der Waals surface area contributed by atoms with Crippen LogP contribution in [-0.2, 0) is 11.3 Å². The van der Waals surface area contributed by atoms with E-state index in [4.69, 9.17) is 0 Å². The van der Waals surface area contributed by atoms with Gasteiger partial charge in [-0.25, -0.2) is 4.98 Å².